The van der Waals surface area contributed by atoms with Gasteiger partial charge in [0.05, 0.1) is 10.6 Å². The van der Waals surface area contributed by atoms with E-state index in [1.54, 1.807) is 17.8 Å². The van der Waals surface area contributed by atoms with Gasteiger partial charge in [-0.05, 0) is 6.26 Å². The zero-order valence-corrected chi connectivity index (χ0v) is 13.2. The van der Waals surface area contributed by atoms with Crippen LogP contribution in [0.2, 0.25) is 0 Å². The van der Waals surface area contributed by atoms with E-state index in [-0.39, 0.29) is 5.91 Å². The van der Waals surface area contributed by atoms with E-state index in [1.807, 2.05) is 6.26 Å². The Morgan fingerprint density at radius 3 is 2.90 bits per heavy atom. The molecule has 1 amide bonds. The number of hydrogen-bond acceptors (Lipinski definition) is 6. The van der Waals surface area contributed by atoms with Crippen LogP contribution in [0.5, 0.6) is 0 Å². The zero-order valence-electron chi connectivity index (χ0n) is 11.6. The van der Waals surface area contributed by atoms with E-state index >= 15 is 0 Å². The average Bonchev–Trinajstić information content (AvgIpc) is 2.82. The van der Waals surface area contributed by atoms with Crippen LogP contribution in [0, 0.1) is 0 Å². The van der Waals surface area contributed by atoms with E-state index in [1.165, 1.54) is 11.3 Å². The number of piperazine rings is 1. The lowest BCUT2D eigenvalue weighted by molar-refractivity contribution is 0.0963. The minimum atomic E-state index is -0.121. The van der Waals surface area contributed by atoms with Crippen LogP contribution < -0.4 is 21.3 Å². The molecule has 2 heterocycles. The van der Waals surface area contributed by atoms with Gasteiger partial charge in [0.1, 0.15) is 9.88 Å². The number of carbonyl (C=O) groups is 1. The van der Waals surface area contributed by atoms with Crippen LogP contribution in [-0.4, -0.2) is 44.9 Å². The lowest BCUT2D eigenvalue weighted by Crippen LogP contribution is -2.43. The van der Waals surface area contributed by atoms with Crippen LogP contribution >= 0.6 is 23.1 Å². The summed E-state index contributed by atoms with van der Waals surface area (Å²) in [5.74, 6) is -0.121. The quantitative estimate of drug-likeness (QED) is 0.566. The summed E-state index contributed by atoms with van der Waals surface area (Å²) in [7, 11) is 0. The third-order valence-corrected chi connectivity index (χ3v) is 5.32. The molecule has 1 aromatic rings. The van der Waals surface area contributed by atoms with Crippen LogP contribution in [0.25, 0.3) is 0 Å². The van der Waals surface area contributed by atoms with Gasteiger partial charge in [-0.2, -0.15) is 0 Å². The van der Waals surface area contributed by atoms with E-state index in [4.69, 9.17) is 5.73 Å². The van der Waals surface area contributed by atoms with Crippen LogP contribution in [0.1, 0.15) is 9.67 Å². The van der Waals surface area contributed by atoms with Gasteiger partial charge in [0.2, 0.25) is 0 Å². The highest BCUT2D eigenvalue weighted by atomic mass is 32.2. The Kier molecular flexibility index (Phi) is 5.33. The first-order chi connectivity index (χ1) is 9.69. The molecule has 0 radical (unpaired) electrons. The maximum atomic E-state index is 12.1. The van der Waals surface area contributed by atoms with Gasteiger partial charge in [0.15, 0.2) is 0 Å². The number of rotatable bonds is 5. The number of nitrogens with one attached hydrogen (secondary N) is 2. The van der Waals surface area contributed by atoms with Gasteiger partial charge in [-0.25, -0.2) is 0 Å². The topological polar surface area (TPSA) is 70.4 Å². The van der Waals surface area contributed by atoms with Gasteiger partial charge >= 0.3 is 0 Å². The molecular formula is C13H20N4OS2. The van der Waals surface area contributed by atoms with E-state index < -0.39 is 0 Å². The van der Waals surface area contributed by atoms with Gasteiger partial charge in [-0.15, -0.1) is 29.7 Å². The maximum Gasteiger partial charge on any atom is 0.263 e. The molecule has 2 rings (SSSR count). The van der Waals surface area contributed by atoms with Crippen molar-refractivity contribution in [1.82, 2.24) is 10.6 Å². The van der Waals surface area contributed by atoms with E-state index in [2.05, 4.69) is 22.1 Å². The van der Waals surface area contributed by atoms with Crippen molar-refractivity contribution in [3.05, 3.63) is 17.5 Å². The third kappa shape index (κ3) is 3.11. The molecule has 0 bridgehead atoms. The second-order valence-electron chi connectivity index (χ2n) is 4.42. The van der Waals surface area contributed by atoms with Crippen LogP contribution in [0.3, 0.4) is 0 Å². The van der Waals surface area contributed by atoms with Crippen molar-refractivity contribution in [3.8, 4) is 0 Å². The van der Waals surface area contributed by atoms with Crippen molar-refractivity contribution >= 4 is 39.7 Å². The molecule has 0 unspecified atom stereocenters. The molecule has 7 heteroatoms. The first-order valence-corrected chi connectivity index (χ1v) is 8.54. The number of thioether (sulfide) groups is 1. The molecule has 0 aliphatic carbocycles. The first-order valence-electron chi connectivity index (χ1n) is 6.50. The summed E-state index contributed by atoms with van der Waals surface area (Å²) in [5, 5.41) is 7.23. The first kappa shape index (κ1) is 15.2. The van der Waals surface area contributed by atoms with Crippen molar-refractivity contribution in [1.29, 1.82) is 0 Å². The van der Waals surface area contributed by atoms with Crippen LogP contribution in [0.15, 0.2) is 17.6 Å². The molecule has 0 saturated carbocycles. The molecule has 5 nitrogen and oxygen atoms in total. The van der Waals surface area contributed by atoms with Crippen LogP contribution in [-0.2, 0) is 0 Å². The molecule has 0 atom stereocenters. The lowest BCUT2D eigenvalue weighted by Gasteiger charge is -2.28. The molecule has 110 valence electrons. The predicted molar refractivity (Wildman–Crippen MR) is 88.1 cm³/mol. The Morgan fingerprint density at radius 1 is 1.60 bits per heavy atom. The monoisotopic (exact) mass is 312 g/mol. The SMILES string of the molecule is C=CCNC(=O)c1sc(N2CCNCC2)c(SC)c1N. The zero-order chi connectivity index (χ0) is 14.5. The highest BCUT2D eigenvalue weighted by molar-refractivity contribution is 7.99. The molecule has 0 spiro atoms. The predicted octanol–water partition coefficient (Wildman–Crippen LogP) is 1.38. The molecule has 1 aliphatic heterocycles. The molecule has 20 heavy (non-hydrogen) atoms. The standard InChI is InChI=1S/C13H20N4OS2/c1-3-4-16-12(18)10-9(14)11(19-2)13(20-10)17-7-5-15-6-8-17/h3,15H,1,4-8,14H2,2H3,(H,16,18). The Bertz CT molecular complexity index is 495. The summed E-state index contributed by atoms with van der Waals surface area (Å²) >= 11 is 3.08. The fraction of sp³-hybridized carbons (Fsp3) is 0.462. The number of thiophene rings is 1. The molecule has 4 N–H and O–H groups in total. The average molecular weight is 312 g/mol. The molecule has 1 aromatic heterocycles. The second-order valence-corrected chi connectivity index (χ2v) is 6.23. The van der Waals surface area contributed by atoms with E-state index in [0.29, 0.717) is 17.1 Å². The molecule has 1 aliphatic rings. The normalized spacial score (nSPS) is 15.2. The summed E-state index contributed by atoms with van der Waals surface area (Å²) in [6, 6.07) is 0. The number of anilines is 2. The Balaban J connectivity index is 2.27. The van der Waals surface area contributed by atoms with Crippen molar-refractivity contribution in [3.63, 3.8) is 0 Å². The summed E-state index contributed by atoms with van der Waals surface area (Å²) in [4.78, 5) is 16.0. The number of nitrogens with two attached hydrogens (primary N) is 1. The van der Waals surface area contributed by atoms with Crippen molar-refractivity contribution in [2.45, 2.75) is 4.90 Å². The highest BCUT2D eigenvalue weighted by Crippen LogP contribution is 2.43. The maximum absolute atomic E-state index is 12.1. The summed E-state index contributed by atoms with van der Waals surface area (Å²) in [6.07, 6.45) is 3.66. The van der Waals surface area contributed by atoms with E-state index in [0.717, 1.165) is 36.1 Å². The highest BCUT2D eigenvalue weighted by Gasteiger charge is 2.24. The Hall–Kier alpha value is -1.18. The van der Waals surface area contributed by atoms with Crippen LogP contribution in [0.4, 0.5) is 10.7 Å². The number of amides is 1. The van der Waals surface area contributed by atoms with Gasteiger partial charge < -0.3 is 21.3 Å². The largest absolute Gasteiger partial charge is 0.396 e. The number of nitrogen functional groups attached to an aromatic ring is 1. The number of hydrogen-bond donors (Lipinski definition) is 3. The van der Waals surface area contributed by atoms with Gasteiger partial charge in [-0.1, -0.05) is 6.08 Å². The second kappa shape index (κ2) is 7.01. The molecular weight excluding hydrogens is 292 g/mol. The van der Waals surface area contributed by atoms with Gasteiger partial charge in [0, 0.05) is 32.7 Å². The molecule has 1 saturated heterocycles. The molecule has 0 aromatic carbocycles. The van der Waals surface area contributed by atoms with Crippen molar-refractivity contribution in [2.75, 3.05) is 49.6 Å². The molecule has 1 fully saturated rings. The minimum Gasteiger partial charge on any atom is -0.396 e. The van der Waals surface area contributed by atoms with Crippen molar-refractivity contribution in [2.24, 2.45) is 0 Å². The van der Waals surface area contributed by atoms with E-state index in [9.17, 15) is 4.79 Å². The summed E-state index contributed by atoms with van der Waals surface area (Å²) in [5.41, 5.74) is 6.75. The summed E-state index contributed by atoms with van der Waals surface area (Å²) < 4.78 is 0. The fourth-order valence-electron chi connectivity index (χ4n) is 2.10. The number of nitrogens with zero attached hydrogens (tertiary/aromatic N) is 1. The fourth-order valence-corrected chi connectivity index (χ4v) is 4.25. The Labute approximate surface area is 127 Å². The Morgan fingerprint density at radius 2 is 2.30 bits per heavy atom. The number of carbonyl (C=O) groups excluding carboxylic acids is 1. The summed E-state index contributed by atoms with van der Waals surface area (Å²) in [6.45, 7) is 7.87. The smallest absolute Gasteiger partial charge is 0.263 e. The van der Waals surface area contributed by atoms with Crippen molar-refractivity contribution < 1.29 is 4.79 Å². The van der Waals surface area contributed by atoms with Gasteiger partial charge in [-0.3, -0.25) is 4.79 Å². The lowest BCUT2D eigenvalue weighted by atomic mass is 10.3. The van der Waals surface area contributed by atoms with Gasteiger partial charge in [0.25, 0.3) is 5.91 Å². The minimum absolute atomic E-state index is 0.121. The third-order valence-electron chi connectivity index (χ3n) is 3.10.